The van der Waals surface area contributed by atoms with Gasteiger partial charge in [0.05, 0.1) is 12.7 Å². The number of piperidine rings is 1. The Bertz CT molecular complexity index is 790. The number of β-amino-alcohol motifs (C(OH)–C–C–N with tert-alkyl or cyclic N) is 1. The number of rotatable bonds is 7. The number of nitrogens with one attached hydrogen (secondary N) is 1. The van der Waals surface area contributed by atoms with E-state index >= 15 is 0 Å². The Hall–Kier alpha value is -2.01. The molecule has 1 unspecified atom stereocenters. The lowest BCUT2D eigenvalue weighted by atomic mass is 10.0. The van der Waals surface area contributed by atoms with Gasteiger partial charge in [0.15, 0.2) is 0 Å². The molecule has 2 N–H and O–H groups in total. The van der Waals surface area contributed by atoms with Gasteiger partial charge in [-0.3, -0.25) is 0 Å². The number of allylic oxidation sites excluding steroid dienone is 1. The van der Waals surface area contributed by atoms with Gasteiger partial charge in [-0.2, -0.15) is 13.2 Å². The van der Waals surface area contributed by atoms with E-state index in [0.717, 1.165) is 44.8 Å². The zero-order chi connectivity index (χ0) is 26.9. The van der Waals surface area contributed by atoms with Gasteiger partial charge in [0.1, 0.15) is 0 Å². The van der Waals surface area contributed by atoms with Gasteiger partial charge in [0, 0.05) is 56.9 Å². The van der Waals surface area contributed by atoms with Gasteiger partial charge in [-0.05, 0) is 50.0 Å². The number of alkyl halides is 3. The Kier molecular flexibility index (Phi) is 17.2. The second-order valence-electron chi connectivity index (χ2n) is 8.32. The van der Waals surface area contributed by atoms with Gasteiger partial charge in [-0.15, -0.1) is 0 Å². The zero-order valence-electron chi connectivity index (χ0n) is 22.6. The van der Waals surface area contributed by atoms with Crippen LogP contribution in [0.4, 0.5) is 18.9 Å². The van der Waals surface area contributed by atoms with Crippen molar-refractivity contribution in [1.29, 1.82) is 0 Å². The summed E-state index contributed by atoms with van der Waals surface area (Å²) >= 11 is 0. The van der Waals surface area contributed by atoms with Gasteiger partial charge in [-0.1, -0.05) is 51.7 Å². The Morgan fingerprint density at radius 3 is 2.37 bits per heavy atom. The number of aliphatic hydroxyl groups excluding tert-OH is 1. The molecule has 0 aliphatic carbocycles. The summed E-state index contributed by atoms with van der Waals surface area (Å²) in [6.45, 7) is 14.5. The highest BCUT2D eigenvalue weighted by Crippen LogP contribution is 2.25. The summed E-state index contributed by atoms with van der Waals surface area (Å²) in [4.78, 5) is 2.32. The van der Waals surface area contributed by atoms with Crippen molar-refractivity contribution in [2.75, 3.05) is 38.7 Å². The highest BCUT2D eigenvalue weighted by molar-refractivity contribution is 5.72. The smallest absolute Gasteiger partial charge is 0.388 e. The van der Waals surface area contributed by atoms with E-state index in [2.05, 4.69) is 67.1 Å². The number of hydrogen-bond donors (Lipinski definition) is 2. The minimum absolute atomic E-state index is 0.400. The fourth-order valence-electron chi connectivity index (χ4n) is 3.50. The number of aryl methyl sites for hydroxylation is 1. The van der Waals surface area contributed by atoms with E-state index in [9.17, 15) is 18.3 Å². The molecule has 2 rings (SSSR count). The van der Waals surface area contributed by atoms with Crippen LogP contribution in [0.25, 0.3) is 6.08 Å². The van der Waals surface area contributed by atoms with E-state index in [-0.39, 0.29) is 0 Å². The molecule has 7 heteroatoms. The van der Waals surface area contributed by atoms with Crippen molar-refractivity contribution < 1.29 is 23.0 Å². The van der Waals surface area contributed by atoms with E-state index in [1.54, 1.807) is 7.11 Å². The highest BCUT2D eigenvalue weighted by atomic mass is 19.4. The van der Waals surface area contributed by atoms with Crippen LogP contribution in [0.15, 0.2) is 23.8 Å². The topological polar surface area (TPSA) is 44.7 Å². The summed E-state index contributed by atoms with van der Waals surface area (Å²) < 4.78 is 37.4. The minimum atomic E-state index is -3.96. The number of nitrogens with zero attached hydrogens (tertiary/aromatic N) is 1. The van der Waals surface area contributed by atoms with E-state index in [1.807, 2.05) is 13.8 Å². The van der Waals surface area contributed by atoms with Crippen LogP contribution in [0.5, 0.6) is 0 Å². The van der Waals surface area contributed by atoms with Crippen LogP contribution in [-0.2, 0) is 4.74 Å². The number of anilines is 1. The molecule has 0 bridgehead atoms. The molecule has 1 aromatic carbocycles. The quantitative estimate of drug-likeness (QED) is 0.412. The van der Waals surface area contributed by atoms with Crippen molar-refractivity contribution in [3.63, 3.8) is 0 Å². The third kappa shape index (κ3) is 14.9. The number of aliphatic hydroxyl groups is 1. The van der Waals surface area contributed by atoms with Crippen LogP contribution < -0.4 is 5.32 Å². The molecule has 1 saturated heterocycles. The first-order chi connectivity index (χ1) is 16.6. The van der Waals surface area contributed by atoms with Gasteiger partial charge in [0.25, 0.3) is 0 Å². The predicted octanol–water partition coefficient (Wildman–Crippen LogP) is 6.68. The highest BCUT2D eigenvalue weighted by Gasteiger charge is 2.23. The number of methoxy groups -OCH3 is 1. The van der Waals surface area contributed by atoms with Crippen molar-refractivity contribution in [3.05, 3.63) is 34.9 Å². The number of likely N-dealkylation sites (tertiary alicyclic amines) is 1. The summed E-state index contributed by atoms with van der Waals surface area (Å²) in [6.07, 6.45) is 0.127. The summed E-state index contributed by atoms with van der Waals surface area (Å²) in [7, 11) is 1.63. The Balaban J connectivity index is 0.00000126. The SMILES string of the molecule is CC.CCC#C/C(C)=C/c1c(C)cccc1NC1CCN(CC(O)COC)CC1.CCC(F)(F)F. The van der Waals surface area contributed by atoms with Crippen molar-refractivity contribution >= 4 is 11.8 Å². The van der Waals surface area contributed by atoms with E-state index < -0.39 is 18.7 Å². The first-order valence-electron chi connectivity index (χ1n) is 12.6. The Morgan fingerprint density at radius 1 is 1.26 bits per heavy atom. The maximum atomic E-state index is 10.8. The summed E-state index contributed by atoms with van der Waals surface area (Å²) in [5, 5.41) is 13.7. The van der Waals surface area contributed by atoms with Gasteiger partial charge in [-0.25, -0.2) is 0 Å². The largest absolute Gasteiger partial charge is 0.389 e. The summed E-state index contributed by atoms with van der Waals surface area (Å²) in [5.41, 5.74) is 4.78. The fraction of sp³-hybridized carbons (Fsp3) is 0.643. The van der Waals surface area contributed by atoms with Crippen molar-refractivity contribution in [3.8, 4) is 11.8 Å². The molecular weight excluding hydrogens is 453 g/mol. The lowest BCUT2D eigenvalue weighted by Crippen LogP contribution is -2.43. The van der Waals surface area contributed by atoms with E-state index in [0.29, 0.717) is 19.2 Å². The Labute approximate surface area is 210 Å². The van der Waals surface area contributed by atoms with Crippen LogP contribution in [0, 0.1) is 18.8 Å². The second-order valence-corrected chi connectivity index (χ2v) is 8.32. The standard InChI is InChI=1S/C23H34N2O2.C3H5F3.C2H6/c1-5-6-8-18(2)15-22-19(3)9-7-10-23(22)24-20-11-13-25(14-12-20)16-21(26)17-27-4;1-2-3(4,5)6;1-2/h7,9-10,15,20-21,24,26H,5,11-14,16-17H2,1-4H3;2H2,1H3;1-2H3/b18-15+;;. The monoisotopic (exact) mass is 498 g/mol. The molecule has 0 spiro atoms. The molecule has 4 nitrogen and oxygen atoms in total. The number of ether oxygens (including phenoxy) is 1. The molecule has 1 aliphatic heterocycles. The lowest BCUT2D eigenvalue weighted by Gasteiger charge is -2.34. The second kappa shape index (κ2) is 18.3. The zero-order valence-corrected chi connectivity index (χ0v) is 22.6. The number of benzene rings is 1. The van der Waals surface area contributed by atoms with Gasteiger partial charge >= 0.3 is 6.18 Å². The molecule has 0 amide bonds. The van der Waals surface area contributed by atoms with E-state index in [4.69, 9.17) is 4.74 Å². The van der Waals surface area contributed by atoms with Crippen LogP contribution >= 0.6 is 0 Å². The molecule has 1 atom stereocenters. The molecule has 0 saturated carbocycles. The van der Waals surface area contributed by atoms with E-state index in [1.165, 1.54) is 16.8 Å². The fourth-order valence-corrected chi connectivity index (χ4v) is 3.50. The average Bonchev–Trinajstić information content (AvgIpc) is 2.82. The first kappa shape index (κ1) is 33.0. The molecule has 200 valence electrons. The van der Waals surface area contributed by atoms with Crippen LogP contribution in [-0.4, -0.2) is 61.7 Å². The van der Waals surface area contributed by atoms with Crippen LogP contribution in [0.2, 0.25) is 0 Å². The normalized spacial score (nSPS) is 15.6. The van der Waals surface area contributed by atoms with Crippen molar-refractivity contribution in [2.45, 2.75) is 85.5 Å². The van der Waals surface area contributed by atoms with Gasteiger partial charge in [0.2, 0.25) is 0 Å². The molecule has 1 fully saturated rings. The third-order valence-electron chi connectivity index (χ3n) is 5.32. The molecule has 0 radical (unpaired) electrons. The maximum absolute atomic E-state index is 10.8. The Morgan fingerprint density at radius 2 is 1.86 bits per heavy atom. The van der Waals surface area contributed by atoms with Gasteiger partial charge < -0.3 is 20.1 Å². The predicted molar refractivity (Wildman–Crippen MR) is 142 cm³/mol. The molecule has 35 heavy (non-hydrogen) atoms. The number of hydrogen-bond acceptors (Lipinski definition) is 4. The minimum Gasteiger partial charge on any atom is -0.389 e. The summed E-state index contributed by atoms with van der Waals surface area (Å²) in [5.74, 6) is 6.36. The average molecular weight is 499 g/mol. The molecule has 1 aliphatic rings. The lowest BCUT2D eigenvalue weighted by molar-refractivity contribution is -0.130. The number of halogens is 3. The van der Waals surface area contributed by atoms with Crippen LogP contribution in [0.3, 0.4) is 0 Å². The molecule has 1 aromatic rings. The summed E-state index contributed by atoms with van der Waals surface area (Å²) in [6, 6.07) is 6.88. The molecule has 0 aromatic heterocycles. The van der Waals surface area contributed by atoms with Crippen molar-refractivity contribution in [1.82, 2.24) is 4.90 Å². The first-order valence-corrected chi connectivity index (χ1v) is 12.6. The van der Waals surface area contributed by atoms with Crippen LogP contribution in [0.1, 0.15) is 71.4 Å². The third-order valence-corrected chi connectivity index (χ3v) is 5.32. The van der Waals surface area contributed by atoms with Crippen molar-refractivity contribution in [2.24, 2.45) is 0 Å². The molecular formula is C28H45F3N2O2. The molecule has 1 heterocycles. The maximum Gasteiger partial charge on any atom is 0.388 e.